The number of rotatable bonds is 16. The van der Waals surface area contributed by atoms with Crippen molar-refractivity contribution in [3.8, 4) is 0 Å². The van der Waals surface area contributed by atoms with Crippen LogP contribution < -0.4 is 0 Å². The number of unbranched alkanes of at least 4 members (excludes halogenated alkanes) is 10. The summed E-state index contributed by atoms with van der Waals surface area (Å²) in [5.41, 5.74) is 0. The standard InChI is InChI=1S/C22H42O3/c1-3-4-5-6-7-8-9-10-11-12-13-16-22(23)25-20(2)17-18-21-15-14-19-24-21/h20-21H,3-19H2,1-2H3/t20-,21+/m0/s1. The lowest BCUT2D eigenvalue weighted by molar-refractivity contribution is -0.148. The molecule has 0 radical (unpaired) electrons. The maximum Gasteiger partial charge on any atom is 0.306 e. The molecule has 0 bridgehead atoms. The summed E-state index contributed by atoms with van der Waals surface area (Å²) in [7, 11) is 0. The summed E-state index contributed by atoms with van der Waals surface area (Å²) in [5, 5.41) is 0. The third-order valence-electron chi connectivity index (χ3n) is 5.24. The van der Waals surface area contributed by atoms with E-state index in [1.54, 1.807) is 0 Å². The molecule has 25 heavy (non-hydrogen) atoms. The van der Waals surface area contributed by atoms with Crippen molar-refractivity contribution in [3.63, 3.8) is 0 Å². The van der Waals surface area contributed by atoms with E-state index in [-0.39, 0.29) is 12.1 Å². The van der Waals surface area contributed by atoms with E-state index in [1.807, 2.05) is 6.92 Å². The number of hydrogen-bond donors (Lipinski definition) is 0. The highest BCUT2D eigenvalue weighted by atomic mass is 16.5. The number of hydrogen-bond acceptors (Lipinski definition) is 3. The third-order valence-corrected chi connectivity index (χ3v) is 5.24. The summed E-state index contributed by atoms with van der Waals surface area (Å²) in [6, 6.07) is 0. The van der Waals surface area contributed by atoms with Crippen LogP contribution in [0.4, 0.5) is 0 Å². The molecule has 1 heterocycles. The van der Waals surface area contributed by atoms with E-state index in [9.17, 15) is 4.79 Å². The molecule has 1 rings (SSSR count). The van der Waals surface area contributed by atoms with Crippen molar-refractivity contribution in [3.05, 3.63) is 0 Å². The van der Waals surface area contributed by atoms with Crippen LogP contribution in [0.25, 0.3) is 0 Å². The van der Waals surface area contributed by atoms with Gasteiger partial charge in [-0.15, -0.1) is 0 Å². The van der Waals surface area contributed by atoms with Crippen LogP contribution in [-0.2, 0) is 14.3 Å². The summed E-state index contributed by atoms with van der Waals surface area (Å²) in [5.74, 6) is -0.0178. The molecule has 0 N–H and O–H groups in total. The van der Waals surface area contributed by atoms with Crippen molar-refractivity contribution < 1.29 is 14.3 Å². The van der Waals surface area contributed by atoms with Crippen LogP contribution >= 0.6 is 0 Å². The Morgan fingerprint density at radius 3 is 2.16 bits per heavy atom. The summed E-state index contributed by atoms with van der Waals surface area (Å²) >= 11 is 0. The Kier molecular flexibility index (Phi) is 14.1. The summed E-state index contributed by atoms with van der Waals surface area (Å²) in [6.07, 6.45) is 19.7. The third kappa shape index (κ3) is 13.3. The topological polar surface area (TPSA) is 35.5 Å². The molecule has 0 aromatic heterocycles. The van der Waals surface area contributed by atoms with Crippen LogP contribution in [0, 0.1) is 0 Å². The van der Waals surface area contributed by atoms with Gasteiger partial charge in [-0.05, 0) is 39.0 Å². The second-order valence-corrected chi connectivity index (χ2v) is 7.80. The highest BCUT2D eigenvalue weighted by Gasteiger charge is 2.17. The first-order valence-corrected chi connectivity index (χ1v) is 11.0. The molecule has 0 saturated carbocycles. The Balaban J connectivity index is 1.83. The van der Waals surface area contributed by atoms with Crippen molar-refractivity contribution in [1.82, 2.24) is 0 Å². The van der Waals surface area contributed by atoms with E-state index >= 15 is 0 Å². The summed E-state index contributed by atoms with van der Waals surface area (Å²) < 4.78 is 11.1. The molecular formula is C22H42O3. The van der Waals surface area contributed by atoms with E-state index < -0.39 is 0 Å². The van der Waals surface area contributed by atoms with Gasteiger partial charge in [0.2, 0.25) is 0 Å². The molecule has 0 amide bonds. The fourth-order valence-electron chi connectivity index (χ4n) is 3.57. The molecule has 3 heteroatoms. The Morgan fingerprint density at radius 1 is 1.00 bits per heavy atom. The lowest BCUT2D eigenvalue weighted by Gasteiger charge is -2.15. The molecule has 2 atom stereocenters. The minimum Gasteiger partial charge on any atom is -0.463 e. The highest BCUT2D eigenvalue weighted by molar-refractivity contribution is 5.69. The van der Waals surface area contributed by atoms with E-state index in [0.717, 1.165) is 32.3 Å². The van der Waals surface area contributed by atoms with Gasteiger partial charge in [0.05, 0.1) is 12.2 Å². The second-order valence-electron chi connectivity index (χ2n) is 7.80. The molecule has 1 aliphatic heterocycles. The molecule has 0 aliphatic carbocycles. The first kappa shape index (κ1) is 22.5. The monoisotopic (exact) mass is 354 g/mol. The Labute approximate surface area is 156 Å². The van der Waals surface area contributed by atoms with Gasteiger partial charge in [0, 0.05) is 13.0 Å². The van der Waals surface area contributed by atoms with E-state index in [1.165, 1.54) is 70.6 Å². The predicted octanol–water partition coefficient (Wildman–Crippen LogP) is 6.58. The smallest absolute Gasteiger partial charge is 0.306 e. The fraction of sp³-hybridized carbons (Fsp3) is 0.955. The lowest BCUT2D eigenvalue weighted by Crippen LogP contribution is -2.17. The van der Waals surface area contributed by atoms with Crippen molar-refractivity contribution >= 4 is 5.97 Å². The Bertz CT molecular complexity index is 310. The predicted molar refractivity (Wildman–Crippen MR) is 105 cm³/mol. The number of carbonyl (C=O) groups is 1. The maximum absolute atomic E-state index is 11.9. The van der Waals surface area contributed by atoms with Crippen LogP contribution in [0.5, 0.6) is 0 Å². The van der Waals surface area contributed by atoms with Crippen LogP contribution in [0.15, 0.2) is 0 Å². The summed E-state index contributed by atoms with van der Waals surface area (Å²) in [6.45, 7) is 5.17. The van der Waals surface area contributed by atoms with Gasteiger partial charge in [0.25, 0.3) is 0 Å². The first-order chi connectivity index (χ1) is 12.2. The van der Waals surface area contributed by atoms with Crippen molar-refractivity contribution in [2.24, 2.45) is 0 Å². The van der Waals surface area contributed by atoms with Gasteiger partial charge < -0.3 is 9.47 Å². The molecule has 0 aromatic rings. The SMILES string of the molecule is CCCCCCCCCCCCCC(=O)O[C@@H](C)CC[C@H]1CCCO1. The van der Waals surface area contributed by atoms with Crippen LogP contribution in [-0.4, -0.2) is 24.8 Å². The zero-order valence-corrected chi connectivity index (χ0v) is 16.9. The molecule has 0 aromatic carbocycles. The Hall–Kier alpha value is -0.570. The van der Waals surface area contributed by atoms with Gasteiger partial charge >= 0.3 is 5.97 Å². The zero-order chi connectivity index (χ0) is 18.2. The quantitative estimate of drug-likeness (QED) is 0.232. The summed E-state index contributed by atoms with van der Waals surface area (Å²) in [4.78, 5) is 11.9. The second kappa shape index (κ2) is 15.7. The highest BCUT2D eigenvalue weighted by Crippen LogP contribution is 2.19. The van der Waals surface area contributed by atoms with Crippen molar-refractivity contribution in [2.45, 2.75) is 129 Å². The zero-order valence-electron chi connectivity index (χ0n) is 16.9. The van der Waals surface area contributed by atoms with E-state index in [2.05, 4.69) is 6.92 Å². The van der Waals surface area contributed by atoms with Gasteiger partial charge in [-0.3, -0.25) is 4.79 Å². The van der Waals surface area contributed by atoms with Gasteiger partial charge in [-0.1, -0.05) is 71.1 Å². The molecule has 3 nitrogen and oxygen atoms in total. The van der Waals surface area contributed by atoms with Gasteiger partial charge in [0.15, 0.2) is 0 Å². The minimum absolute atomic E-state index is 0.0178. The Morgan fingerprint density at radius 2 is 1.60 bits per heavy atom. The van der Waals surface area contributed by atoms with Crippen LogP contribution in [0.2, 0.25) is 0 Å². The molecule has 1 fully saturated rings. The first-order valence-electron chi connectivity index (χ1n) is 11.0. The number of carbonyl (C=O) groups excluding carboxylic acids is 1. The van der Waals surface area contributed by atoms with E-state index in [4.69, 9.17) is 9.47 Å². The maximum atomic E-state index is 11.9. The molecule has 0 unspecified atom stereocenters. The van der Waals surface area contributed by atoms with Crippen LogP contribution in [0.3, 0.4) is 0 Å². The molecule has 0 spiro atoms. The van der Waals surface area contributed by atoms with Crippen molar-refractivity contribution in [1.29, 1.82) is 0 Å². The van der Waals surface area contributed by atoms with E-state index in [0.29, 0.717) is 12.5 Å². The fourth-order valence-corrected chi connectivity index (χ4v) is 3.57. The average molecular weight is 355 g/mol. The number of ether oxygens (including phenoxy) is 2. The molecule has 1 aliphatic rings. The van der Waals surface area contributed by atoms with Crippen molar-refractivity contribution in [2.75, 3.05) is 6.61 Å². The van der Waals surface area contributed by atoms with Crippen LogP contribution in [0.1, 0.15) is 117 Å². The number of esters is 1. The normalized spacial score (nSPS) is 18.4. The van der Waals surface area contributed by atoms with Gasteiger partial charge in [0.1, 0.15) is 0 Å². The molecular weight excluding hydrogens is 312 g/mol. The largest absolute Gasteiger partial charge is 0.463 e. The molecule has 148 valence electrons. The average Bonchev–Trinajstić information content (AvgIpc) is 3.11. The van der Waals surface area contributed by atoms with Gasteiger partial charge in [-0.25, -0.2) is 0 Å². The minimum atomic E-state index is -0.0178. The molecule has 1 saturated heterocycles. The lowest BCUT2D eigenvalue weighted by atomic mass is 10.1. The van der Waals surface area contributed by atoms with Gasteiger partial charge in [-0.2, -0.15) is 0 Å².